The number of halogens is 1. The van der Waals surface area contributed by atoms with Gasteiger partial charge < -0.3 is 5.32 Å². The maximum atomic E-state index is 11.0. The van der Waals surface area contributed by atoms with E-state index in [1.165, 1.54) is 3.57 Å². The van der Waals surface area contributed by atoms with Crippen LogP contribution in [-0.4, -0.2) is 5.91 Å². The first-order chi connectivity index (χ1) is 6.22. The summed E-state index contributed by atoms with van der Waals surface area (Å²) in [6.45, 7) is 2.48. The molecule has 0 atom stereocenters. The Morgan fingerprint density at radius 3 is 2.92 bits per heavy atom. The van der Waals surface area contributed by atoms with Crippen molar-refractivity contribution >= 4 is 28.5 Å². The molecule has 1 rings (SSSR count). The van der Waals surface area contributed by atoms with E-state index >= 15 is 0 Å². The highest BCUT2D eigenvalue weighted by atomic mass is 127. The molecule has 1 amide bonds. The second-order valence-electron chi connectivity index (χ2n) is 2.76. The summed E-state index contributed by atoms with van der Waals surface area (Å²) < 4.78 is 1.20. The minimum atomic E-state index is 0.0962. The first-order valence-corrected chi connectivity index (χ1v) is 5.31. The van der Waals surface area contributed by atoms with Crippen molar-refractivity contribution in [3.8, 4) is 0 Å². The van der Waals surface area contributed by atoms with E-state index in [2.05, 4.69) is 34.0 Å². The molecular weight excluding hydrogens is 277 g/mol. The molecule has 0 saturated heterocycles. The molecule has 0 radical (unpaired) electrons. The van der Waals surface area contributed by atoms with Crippen molar-refractivity contribution in [2.75, 3.05) is 0 Å². The van der Waals surface area contributed by atoms with Gasteiger partial charge in [0.25, 0.3) is 0 Å². The van der Waals surface area contributed by atoms with Gasteiger partial charge in [0.05, 0.1) is 0 Å². The Bertz CT molecular complexity index is 299. The third kappa shape index (κ3) is 3.76. The molecule has 70 valence electrons. The number of hydrogen-bond acceptors (Lipinski definition) is 1. The fourth-order valence-electron chi connectivity index (χ4n) is 0.973. The van der Waals surface area contributed by atoms with E-state index in [-0.39, 0.29) is 5.91 Å². The van der Waals surface area contributed by atoms with E-state index in [1.54, 1.807) is 0 Å². The molecule has 1 aromatic carbocycles. The average molecular weight is 289 g/mol. The van der Waals surface area contributed by atoms with Crippen LogP contribution < -0.4 is 5.32 Å². The van der Waals surface area contributed by atoms with Gasteiger partial charge in [-0.15, -0.1) is 0 Å². The van der Waals surface area contributed by atoms with Crippen LogP contribution >= 0.6 is 22.6 Å². The van der Waals surface area contributed by atoms with E-state index in [0.29, 0.717) is 13.0 Å². The lowest BCUT2D eigenvalue weighted by atomic mass is 10.2. The van der Waals surface area contributed by atoms with Crippen molar-refractivity contribution in [3.63, 3.8) is 0 Å². The molecule has 3 heteroatoms. The van der Waals surface area contributed by atoms with Crippen LogP contribution in [0, 0.1) is 3.57 Å². The Hall–Kier alpha value is -0.580. The molecule has 13 heavy (non-hydrogen) atoms. The zero-order valence-corrected chi connectivity index (χ0v) is 9.67. The lowest BCUT2D eigenvalue weighted by Crippen LogP contribution is -2.21. The molecule has 0 aliphatic carbocycles. The molecule has 0 spiro atoms. The fourth-order valence-corrected chi connectivity index (χ4v) is 1.58. The monoisotopic (exact) mass is 289 g/mol. The molecule has 0 aromatic heterocycles. The number of hydrogen-bond donors (Lipinski definition) is 1. The van der Waals surface area contributed by atoms with Gasteiger partial charge in [0, 0.05) is 16.5 Å². The van der Waals surface area contributed by atoms with Crippen LogP contribution in [0.15, 0.2) is 24.3 Å². The van der Waals surface area contributed by atoms with Gasteiger partial charge in [-0.3, -0.25) is 4.79 Å². The standard InChI is InChI=1S/C10H12INO/c1-2-10(13)12-7-8-4-3-5-9(11)6-8/h3-6H,2,7H2,1H3,(H,12,13). The quantitative estimate of drug-likeness (QED) is 0.850. The van der Waals surface area contributed by atoms with E-state index < -0.39 is 0 Å². The molecule has 0 heterocycles. The van der Waals surface area contributed by atoms with Crippen LogP contribution in [0.5, 0.6) is 0 Å². The molecule has 2 nitrogen and oxygen atoms in total. The number of benzene rings is 1. The first kappa shape index (κ1) is 10.5. The van der Waals surface area contributed by atoms with Crippen LogP contribution in [0.2, 0.25) is 0 Å². The predicted molar refractivity (Wildman–Crippen MR) is 61.3 cm³/mol. The Kier molecular flexibility index (Phi) is 4.21. The summed E-state index contributed by atoms with van der Waals surface area (Å²) in [5, 5.41) is 2.83. The van der Waals surface area contributed by atoms with Crippen molar-refractivity contribution < 1.29 is 4.79 Å². The van der Waals surface area contributed by atoms with Crippen LogP contribution in [0.4, 0.5) is 0 Å². The maximum absolute atomic E-state index is 11.0. The molecule has 0 saturated carbocycles. The largest absolute Gasteiger partial charge is 0.352 e. The second-order valence-corrected chi connectivity index (χ2v) is 4.01. The maximum Gasteiger partial charge on any atom is 0.219 e. The third-order valence-electron chi connectivity index (χ3n) is 1.70. The van der Waals surface area contributed by atoms with Gasteiger partial charge in [0.1, 0.15) is 0 Å². The number of carbonyl (C=O) groups is 1. The smallest absolute Gasteiger partial charge is 0.219 e. The molecule has 0 bridgehead atoms. The topological polar surface area (TPSA) is 29.1 Å². The molecule has 0 aliphatic heterocycles. The molecule has 1 N–H and O–H groups in total. The summed E-state index contributed by atoms with van der Waals surface area (Å²) in [7, 11) is 0. The highest BCUT2D eigenvalue weighted by molar-refractivity contribution is 14.1. The number of carbonyl (C=O) groups excluding carboxylic acids is 1. The number of rotatable bonds is 3. The van der Waals surface area contributed by atoms with E-state index in [9.17, 15) is 4.79 Å². The minimum Gasteiger partial charge on any atom is -0.352 e. The Morgan fingerprint density at radius 1 is 1.54 bits per heavy atom. The normalized spacial score (nSPS) is 9.69. The highest BCUT2D eigenvalue weighted by Crippen LogP contribution is 2.07. The third-order valence-corrected chi connectivity index (χ3v) is 2.37. The van der Waals surface area contributed by atoms with Crippen molar-refractivity contribution in [2.45, 2.75) is 19.9 Å². The summed E-state index contributed by atoms with van der Waals surface area (Å²) >= 11 is 2.26. The van der Waals surface area contributed by atoms with E-state index in [4.69, 9.17) is 0 Å². The lowest BCUT2D eigenvalue weighted by molar-refractivity contribution is -0.120. The average Bonchev–Trinajstić information content (AvgIpc) is 2.14. The van der Waals surface area contributed by atoms with E-state index in [0.717, 1.165) is 5.56 Å². The van der Waals surface area contributed by atoms with Gasteiger partial charge in [0.2, 0.25) is 5.91 Å². The van der Waals surface area contributed by atoms with Crippen molar-refractivity contribution in [2.24, 2.45) is 0 Å². The zero-order valence-electron chi connectivity index (χ0n) is 7.51. The Labute approximate surface area is 91.9 Å². The predicted octanol–water partition coefficient (Wildman–Crippen LogP) is 2.32. The van der Waals surface area contributed by atoms with Gasteiger partial charge in [0.15, 0.2) is 0 Å². The van der Waals surface area contributed by atoms with Crippen LogP contribution in [0.3, 0.4) is 0 Å². The van der Waals surface area contributed by atoms with E-state index in [1.807, 2.05) is 25.1 Å². The fraction of sp³-hybridized carbons (Fsp3) is 0.300. The van der Waals surface area contributed by atoms with Gasteiger partial charge in [-0.25, -0.2) is 0 Å². The molecule has 0 fully saturated rings. The molecular formula is C10H12INO. The summed E-state index contributed by atoms with van der Waals surface area (Å²) in [5.74, 6) is 0.0962. The van der Waals surface area contributed by atoms with Crippen molar-refractivity contribution in [1.82, 2.24) is 5.32 Å². The molecule has 1 aromatic rings. The van der Waals surface area contributed by atoms with Crippen LogP contribution in [-0.2, 0) is 11.3 Å². The number of nitrogens with one attached hydrogen (secondary N) is 1. The van der Waals surface area contributed by atoms with Crippen LogP contribution in [0.25, 0.3) is 0 Å². The van der Waals surface area contributed by atoms with Gasteiger partial charge in [-0.05, 0) is 40.3 Å². The van der Waals surface area contributed by atoms with Crippen molar-refractivity contribution in [1.29, 1.82) is 0 Å². The summed E-state index contributed by atoms with van der Waals surface area (Å²) in [6, 6.07) is 8.11. The van der Waals surface area contributed by atoms with Gasteiger partial charge >= 0.3 is 0 Å². The van der Waals surface area contributed by atoms with Gasteiger partial charge in [-0.2, -0.15) is 0 Å². The molecule has 0 aliphatic rings. The summed E-state index contributed by atoms with van der Waals surface area (Å²) in [4.78, 5) is 11.0. The van der Waals surface area contributed by atoms with Gasteiger partial charge in [-0.1, -0.05) is 19.1 Å². The molecule has 0 unspecified atom stereocenters. The SMILES string of the molecule is CCC(=O)NCc1cccc(I)c1. The first-order valence-electron chi connectivity index (χ1n) is 4.23. The Balaban J connectivity index is 2.50. The second kappa shape index (κ2) is 5.21. The van der Waals surface area contributed by atoms with Crippen molar-refractivity contribution in [3.05, 3.63) is 33.4 Å². The number of amides is 1. The van der Waals surface area contributed by atoms with Crippen LogP contribution in [0.1, 0.15) is 18.9 Å². The summed E-state index contributed by atoms with van der Waals surface area (Å²) in [5.41, 5.74) is 1.15. The summed E-state index contributed by atoms with van der Waals surface area (Å²) in [6.07, 6.45) is 0.546. The lowest BCUT2D eigenvalue weighted by Gasteiger charge is -2.03. The minimum absolute atomic E-state index is 0.0962. The Morgan fingerprint density at radius 2 is 2.31 bits per heavy atom. The zero-order chi connectivity index (χ0) is 9.68. The highest BCUT2D eigenvalue weighted by Gasteiger charge is 1.97.